The van der Waals surface area contributed by atoms with Crippen LogP contribution in [0.2, 0.25) is 0 Å². The number of rotatable bonds is 6. The minimum Gasteiger partial charge on any atom is -0.0918 e. The van der Waals surface area contributed by atoms with E-state index >= 15 is 0 Å². The van der Waals surface area contributed by atoms with Crippen molar-refractivity contribution in [2.45, 2.75) is 45.4 Å². The van der Waals surface area contributed by atoms with E-state index in [4.69, 9.17) is 0 Å². The van der Waals surface area contributed by atoms with E-state index < -0.39 is 0 Å². The number of benzene rings is 1. The fraction of sp³-hybridized carbons (Fsp3) is 0.600. The second-order valence-corrected chi connectivity index (χ2v) is 5.08. The maximum atomic E-state index is 3.75. The lowest BCUT2D eigenvalue weighted by atomic mass is 9.68. The molecule has 1 aromatic carbocycles. The van der Waals surface area contributed by atoms with Crippen LogP contribution in [-0.2, 0) is 5.41 Å². The molecule has 1 rings (SSSR count). The van der Waals surface area contributed by atoms with Gasteiger partial charge in [-0.25, -0.2) is 0 Å². The van der Waals surface area contributed by atoms with Gasteiger partial charge in [0, 0.05) is 10.7 Å². The van der Waals surface area contributed by atoms with Gasteiger partial charge in [0.2, 0.25) is 0 Å². The first-order valence-electron chi connectivity index (χ1n) is 6.36. The van der Waals surface area contributed by atoms with Crippen LogP contribution in [0.4, 0.5) is 0 Å². The Morgan fingerprint density at radius 3 is 2.00 bits per heavy atom. The van der Waals surface area contributed by atoms with Crippen molar-refractivity contribution in [2.24, 2.45) is 5.92 Å². The summed E-state index contributed by atoms with van der Waals surface area (Å²) in [6.45, 7) is 6.93. The summed E-state index contributed by atoms with van der Waals surface area (Å²) in [4.78, 5) is 0. The van der Waals surface area contributed by atoms with E-state index in [9.17, 15) is 0 Å². The van der Waals surface area contributed by atoms with Crippen molar-refractivity contribution in [3.05, 3.63) is 35.9 Å². The third-order valence-electron chi connectivity index (χ3n) is 3.99. The van der Waals surface area contributed by atoms with Gasteiger partial charge in [-0.2, -0.15) is 0 Å². The molecule has 0 spiro atoms. The van der Waals surface area contributed by atoms with Crippen LogP contribution in [-0.4, -0.2) is 5.33 Å². The first-order valence-corrected chi connectivity index (χ1v) is 7.48. The zero-order valence-corrected chi connectivity index (χ0v) is 12.3. The monoisotopic (exact) mass is 282 g/mol. The zero-order valence-electron chi connectivity index (χ0n) is 10.7. The molecular formula is C15H23Br. The molecule has 0 saturated carbocycles. The second kappa shape index (κ2) is 6.44. The summed E-state index contributed by atoms with van der Waals surface area (Å²) in [5, 5.41) is 1.06. The molecule has 0 aliphatic heterocycles. The molecule has 0 aliphatic carbocycles. The Hall–Kier alpha value is -0.300. The van der Waals surface area contributed by atoms with Crippen LogP contribution in [0.1, 0.15) is 45.6 Å². The van der Waals surface area contributed by atoms with Crippen LogP contribution >= 0.6 is 15.9 Å². The lowest BCUT2D eigenvalue weighted by Gasteiger charge is -2.39. The lowest BCUT2D eigenvalue weighted by Crippen LogP contribution is -2.36. The van der Waals surface area contributed by atoms with Crippen LogP contribution in [0, 0.1) is 5.92 Å². The van der Waals surface area contributed by atoms with Crippen molar-refractivity contribution in [1.82, 2.24) is 0 Å². The Balaban J connectivity index is 3.14. The Morgan fingerprint density at radius 1 is 1.06 bits per heavy atom. The summed E-state index contributed by atoms with van der Waals surface area (Å²) >= 11 is 3.75. The van der Waals surface area contributed by atoms with Crippen molar-refractivity contribution in [2.75, 3.05) is 5.33 Å². The van der Waals surface area contributed by atoms with Gasteiger partial charge >= 0.3 is 0 Å². The first-order chi connectivity index (χ1) is 7.75. The molecule has 1 aromatic rings. The number of hydrogen-bond acceptors (Lipinski definition) is 0. The SMILES string of the molecule is CCC(CC)C(CC)(CBr)c1ccccc1. The predicted octanol–water partition coefficient (Wildman–Crippen LogP) is 5.17. The standard InChI is InChI=1S/C15H23Br/c1-4-13(5-2)15(6-3,12-16)14-10-8-7-9-11-14/h7-11,13H,4-6,12H2,1-3H3. The van der Waals surface area contributed by atoms with Crippen molar-refractivity contribution < 1.29 is 0 Å². The molecule has 0 N–H and O–H groups in total. The number of halogens is 1. The minimum atomic E-state index is 0.310. The Labute approximate surface area is 109 Å². The molecule has 0 bridgehead atoms. The van der Waals surface area contributed by atoms with Crippen LogP contribution in [0.15, 0.2) is 30.3 Å². The van der Waals surface area contributed by atoms with Crippen LogP contribution in [0.3, 0.4) is 0 Å². The topological polar surface area (TPSA) is 0 Å². The lowest BCUT2D eigenvalue weighted by molar-refractivity contribution is 0.272. The van der Waals surface area contributed by atoms with Crippen LogP contribution < -0.4 is 0 Å². The van der Waals surface area contributed by atoms with E-state index in [0.29, 0.717) is 5.41 Å². The molecule has 1 heteroatoms. The minimum absolute atomic E-state index is 0.310. The summed E-state index contributed by atoms with van der Waals surface area (Å²) in [5.41, 5.74) is 1.80. The van der Waals surface area contributed by atoms with E-state index in [2.05, 4.69) is 67.0 Å². The van der Waals surface area contributed by atoms with Gasteiger partial charge in [0.1, 0.15) is 0 Å². The molecule has 0 radical (unpaired) electrons. The molecule has 0 saturated heterocycles. The average molecular weight is 283 g/mol. The van der Waals surface area contributed by atoms with Crippen molar-refractivity contribution in [1.29, 1.82) is 0 Å². The molecule has 1 unspecified atom stereocenters. The van der Waals surface area contributed by atoms with Crippen molar-refractivity contribution >= 4 is 15.9 Å². The van der Waals surface area contributed by atoms with Gasteiger partial charge in [-0.05, 0) is 17.9 Å². The van der Waals surface area contributed by atoms with Crippen molar-refractivity contribution in [3.8, 4) is 0 Å². The Bertz CT molecular complexity index is 284. The Morgan fingerprint density at radius 2 is 1.62 bits per heavy atom. The smallest absolute Gasteiger partial charge is 0.0131 e. The fourth-order valence-corrected chi connectivity index (χ4v) is 4.03. The van der Waals surface area contributed by atoms with E-state index in [1.54, 1.807) is 0 Å². The van der Waals surface area contributed by atoms with E-state index in [-0.39, 0.29) is 0 Å². The summed E-state index contributed by atoms with van der Waals surface area (Å²) in [6, 6.07) is 11.0. The maximum absolute atomic E-state index is 3.75. The van der Waals surface area contributed by atoms with Crippen LogP contribution in [0.5, 0.6) is 0 Å². The second-order valence-electron chi connectivity index (χ2n) is 4.52. The average Bonchev–Trinajstić information content (AvgIpc) is 2.37. The van der Waals surface area contributed by atoms with Crippen LogP contribution in [0.25, 0.3) is 0 Å². The zero-order chi connectivity index (χ0) is 12.0. The summed E-state index contributed by atoms with van der Waals surface area (Å²) in [6.07, 6.45) is 3.71. The maximum Gasteiger partial charge on any atom is 0.0131 e. The molecular weight excluding hydrogens is 260 g/mol. The molecule has 0 amide bonds. The molecule has 90 valence electrons. The summed E-state index contributed by atoms with van der Waals surface area (Å²) in [7, 11) is 0. The molecule has 1 atom stereocenters. The highest BCUT2D eigenvalue weighted by Crippen LogP contribution is 2.40. The highest BCUT2D eigenvalue weighted by atomic mass is 79.9. The number of hydrogen-bond donors (Lipinski definition) is 0. The largest absolute Gasteiger partial charge is 0.0918 e. The quantitative estimate of drug-likeness (QED) is 0.632. The van der Waals surface area contributed by atoms with Gasteiger partial charge in [0.15, 0.2) is 0 Å². The Kier molecular flexibility index (Phi) is 5.54. The molecule has 0 nitrogen and oxygen atoms in total. The molecule has 16 heavy (non-hydrogen) atoms. The number of alkyl halides is 1. The van der Waals surface area contributed by atoms with E-state index in [1.807, 2.05) is 0 Å². The highest BCUT2D eigenvalue weighted by Gasteiger charge is 2.35. The normalized spacial score (nSPS) is 15.1. The third-order valence-corrected chi connectivity index (χ3v) is 4.99. The van der Waals surface area contributed by atoms with Gasteiger partial charge in [0.25, 0.3) is 0 Å². The predicted molar refractivity (Wildman–Crippen MR) is 76.3 cm³/mol. The summed E-state index contributed by atoms with van der Waals surface area (Å²) in [5.74, 6) is 0.763. The fourth-order valence-electron chi connectivity index (χ4n) is 2.85. The molecule has 0 aromatic heterocycles. The third kappa shape index (κ3) is 2.51. The van der Waals surface area contributed by atoms with E-state index in [1.165, 1.54) is 24.8 Å². The summed E-state index contributed by atoms with van der Waals surface area (Å²) < 4.78 is 0. The van der Waals surface area contributed by atoms with E-state index in [0.717, 1.165) is 11.2 Å². The van der Waals surface area contributed by atoms with Gasteiger partial charge in [-0.15, -0.1) is 0 Å². The van der Waals surface area contributed by atoms with Gasteiger partial charge in [0.05, 0.1) is 0 Å². The van der Waals surface area contributed by atoms with Gasteiger partial charge < -0.3 is 0 Å². The van der Waals surface area contributed by atoms with Gasteiger partial charge in [-0.3, -0.25) is 0 Å². The van der Waals surface area contributed by atoms with Gasteiger partial charge in [-0.1, -0.05) is 79.9 Å². The molecule has 0 aliphatic rings. The molecule has 0 fully saturated rings. The molecule has 0 heterocycles. The highest BCUT2D eigenvalue weighted by molar-refractivity contribution is 9.09. The first kappa shape index (κ1) is 13.8. The van der Waals surface area contributed by atoms with Crippen molar-refractivity contribution in [3.63, 3.8) is 0 Å².